The molecule has 0 amide bonds. The lowest BCUT2D eigenvalue weighted by molar-refractivity contribution is -0.366. The van der Waals surface area contributed by atoms with Crippen LogP contribution in [0.25, 0.3) is 0 Å². The lowest BCUT2D eigenvalue weighted by atomic mass is 9.82. The maximum absolute atomic E-state index is 9.58. The molecule has 2 heterocycles. The summed E-state index contributed by atoms with van der Waals surface area (Å²) in [5.41, 5.74) is 0.139. The molecule has 48 heavy (non-hydrogen) atoms. The van der Waals surface area contributed by atoms with Gasteiger partial charge in [-0.25, -0.2) is 0 Å². The average molecular weight is 685 g/mol. The van der Waals surface area contributed by atoms with Crippen molar-refractivity contribution < 1.29 is 38.6 Å². The van der Waals surface area contributed by atoms with Crippen LogP contribution in [0, 0.1) is 21.7 Å². The average Bonchev–Trinajstić information content (AvgIpc) is 3.09. The molecule has 4 fully saturated rings. The first kappa shape index (κ1) is 42.1. The van der Waals surface area contributed by atoms with E-state index in [-0.39, 0.29) is 34.9 Å². The molecule has 2 atom stereocenters. The van der Waals surface area contributed by atoms with E-state index in [9.17, 15) is 10.2 Å². The minimum atomic E-state index is -0.393. The Bertz CT molecular complexity index is 804. The summed E-state index contributed by atoms with van der Waals surface area (Å²) < 4.78 is 37.2. The third-order valence-electron chi connectivity index (χ3n) is 11.6. The molecule has 0 aromatic heterocycles. The number of hydrogen-bond donors (Lipinski definition) is 2. The van der Waals surface area contributed by atoms with Gasteiger partial charge in [0, 0.05) is 47.3 Å². The van der Waals surface area contributed by atoms with Gasteiger partial charge in [0.05, 0.1) is 65.1 Å². The van der Waals surface area contributed by atoms with Crippen molar-refractivity contribution in [1.29, 1.82) is 0 Å². The molecule has 2 aliphatic heterocycles. The largest absolute Gasteiger partial charge is 0.396 e. The summed E-state index contributed by atoms with van der Waals surface area (Å²) in [6.45, 7) is 22.4. The van der Waals surface area contributed by atoms with Crippen molar-refractivity contribution in [3.05, 3.63) is 0 Å². The molecule has 0 bridgehead atoms. The Hall–Kier alpha value is -0.320. The van der Waals surface area contributed by atoms with Gasteiger partial charge in [-0.1, -0.05) is 81.1 Å². The van der Waals surface area contributed by atoms with Crippen molar-refractivity contribution >= 4 is 0 Å². The van der Waals surface area contributed by atoms with Crippen LogP contribution in [0.1, 0.15) is 158 Å². The SMILES string of the molecule is CCCC(C)(CO)COC1CCC(OCC(C)(CO)CCC)CC1.CCCC1(C)COC2(CCC3(CC2)OCC(C)(CCC)CO3)OC1. The first-order chi connectivity index (χ1) is 22.8. The second kappa shape index (κ2) is 19.0. The Kier molecular flexibility index (Phi) is 16.6. The van der Waals surface area contributed by atoms with Crippen molar-refractivity contribution in [2.24, 2.45) is 21.7 Å². The first-order valence-electron chi connectivity index (χ1n) is 19.8. The predicted octanol–water partition coefficient (Wildman–Crippen LogP) is 8.59. The fourth-order valence-corrected chi connectivity index (χ4v) is 8.08. The number of hydrogen-bond acceptors (Lipinski definition) is 8. The molecular formula is C40H76O8. The zero-order valence-corrected chi connectivity index (χ0v) is 32.5. The zero-order valence-electron chi connectivity index (χ0n) is 32.5. The molecule has 2 aliphatic carbocycles. The zero-order chi connectivity index (χ0) is 35.4. The third kappa shape index (κ3) is 12.4. The highest BCUT2D eigenvalue weighted by molar-refractivity contribution is 4.93. The van der Waals surface area contributed by atoms with E-state index < -0.39 is 11.6 Å². The van der Waals surface area contributed by atoms with Crippen LogP contribution in [0.3, 0.4) is 0 Å². The van der Waals surface area contributed by atoms with E-state index in [1.807, 2.05) is 0 Å². The Morgan fingerprint density at radius 1 is 0.562 bits per heavy atom. The topological polar surface area (TPSA) is 95.8 Å². The second-order valence-corrected chi connectivity index (χ2v) is 17.6. The Morgan fingerprint density at radius 3 is 1.12 bits per heavy atom. The van der Waals surface area contributed by atoms with E-state index in [2.05, 4.69) is 55.4 Å². The van der Waals surface area contributed by atoms with Crippen LogP contribution in [-0.2, 0) is 28.4 Å². The molecule has 2 spiro atoms. The number of rotatable bonds is 16. The summed E-state index contributed by atoms with van der Waals surface area (Å²) in [7, 11) is 0. The molecular weight excluding hydrogens is 608 g/mol. The highest BCUT2D eigenvalue weighted by atomic mass is 16.7. The van der Waals surface area contributed by atoms with Gasteiger partial charge in [-0.3, -0.25) is 0 Å². The Morgan fingerprint density at radius 2 is 0.875 bits per heavy atom. The van der Waals surface area contributed by atoms with Crippen LogP contribution in [-0.4, -0.2) is 86.9 Å². The van der Waals surface area contributed by atoms with Gasteiger partial charge in [0.1, 0.15) is 0 Å². The lowest BCUT2D eigenvalue weighted by Gasteiger charge is -2.52. The molecule has 2 unspecified atom stereocenters. The summed E-state index contributed by atoms with van der Waals surface area (Å²) >= 11 is 0. The third-order valence-corrected chi connectivity index (χ3v) is 11.6. The number of aliphatic hydroxyl groups excluding tert-OH is 2. The van der Waals surface area contributed by atoms with Crippen molar-refractivity contribution in [3.63, 3.8) is 0 Å². The molecule has 8 nitrogen and oxygen atoms in total. The van der Waals surface area contributed by atoms with Gasteiger partial charge in [0.25, 0.3) is 0 Å². The summed E-state index contributed by atoms with van der Waals surface area (Å²) in [6, 6.07) is 0. The van der Waals surface area contributed by atoms with Crippen LogP contribution in [0.5, 0.6) is 0 Å². The monoisotopic (exact) mass is 685 g/mol. The van der Waals surface area contributed by atoms with Gasteiger partial charge < -0.3 is 38.6 Å². The second-order valence-electron chi connectivity index (χ2n) is 17.6. The summed E-state index contributed by atoms with van der Waals surface area (Å²) in [6.07, 6.45) is 17.0. The number of ether oxygens (including phenoxy) is 6. The molecule has 0 radical (unpaired) electrons. The van der Waals surface area contributed by atoms with E-state index in [4.69, 9.17) is 28.4 Å². The molecule has 2 saturated heterocycles. The molecule has 284 valence electrons. The smallest absolute Gasteiger partial charge is 0.168 e. The van der Waals surface area contributed by atoms with E-state index >= 15 is 0 Å². The van der Waals surface area contributed by atoms with Crippen molar-refractivity contribution in [1.82, 2.24) is 0 Å². The molecule has 2 N–H and O–H groups in total. The highest BCUT2D eigenvalue weighted by Crippen LogP contribution is 2.48. The van der Waals surface area contributed by atoms with Crippen molar-refractivity contribution in [2.75, 3.05) is 52.9 Å². The van der Waals surface area contributed by atoms with Gasteiger partial charge >= 0.3 is 0 Å². The molecule has 4 aliphatic rings. The van der Waals surface area contributed by atoms with Gasteiger partial charge in [0.2, 0.25) is 0 Å². The van der Waals surface area contributed by atoms with Crippen molar-refractivity contribution in [2.45, 2.75) is 182 Å². The van der Waals surface area contributed by atoms with E-state index in [0.717, 1.165) is 116 Å². The lowest BCUT2D eigenvalue weighted by Crippen LogP contribution is -2.56. The quantitative estimate of drug-likeness (QED) is 0.167. The maximum Gasteiger partial charge on any atom is 0.168 e. The molecule has 8 heteroatoms. The van der Waals surface area contributed by atoms with Gasteiger partial charge in [-0.15, -0.1) is 0 Å². The van der Waals surface area contributed by atoms with E-state index in [1.54, 1.807) is 0 Å². The van der Waals surface area contributed by atoms with Crippen molar-refractivity contribution in [3.8, 4) is 0 Å². The standard InChI is InChI=1S/C20H36O4.C20H40O4/c1-5-7-17(3)13-21-19(22-14-17)9-11-20(12-10-19)23-15-18(4,8-6-2)16-24-20;1-5-11-19(3,13-21)15-23-17-7-9-18(10-8-17)24-16-20(4,14-22)12-6-2/h5-16H2,1-4H3;17-18,21-22H,5-16H2,1-4H3. The maximum atomic E-state index is 9.58. The molecule has 2 saturated carbocycles. The van der Waals surface area contributed by atoms with Crippen LogP contribution in [0.2, 0.25) is 0 Å². The predicted molar refractivity (Wildman–Crippen MR) is 192 cm³/mol. The Labute approximate surface area is 294 Å². The number of aliphatic hydroxyl groups is 2. The fourth-order valence-electron chi connectivity index (χ4n) is 8.08. The summed E-state index contributed by atoms with van der Waals surface area (Å²) in [5, 5.41) is 19.2. The van der Waals surface area contributed by atoms with E-state index in [1.165, 1.54) is 12.8 Å². The van der Waals surface area contributed by atoms with Gasteiger partial charge in [-0.05, 0) is 51.4 Å². The minimum Gasteiger partial charge on any atom is -0.396 e. The van der Waals surface area contributed by atoms with Crippen LogP contribution >= 0.6 is 0 Å². The van der Waals surface area contributed by atoms with Crippen LogP contribution < -0.4 is 0 Å². The first-order valence-corrected chi connectivity index (χ1v) is 19.8. The van der Waals surface area contributed by atoms with Gasteiger partial charge in [-0.2, -0.15) is 0 Å². The summed E-state index contributed by atoms with van der Waals surface area (Å²) in [5.74, 6) is -0.787. The summed E-state index contributed by atoms with van der Waals surface area (Å²) in [4.78, 5) is 0. The molecule has 4 rings (SSSR count). The van der Waals surface area contributed by atoms with Crippen LogP contribution in [0.4, 0.5) is 0 Å². The highest BCUT2D eigenvalue weighted by Gasteiger charge is 2.52. The fraction of sp³-hybridized carbons (Fsp3) is 1.00. The normalized spacial score (nSPS) is 36.6. The molecule has 0 aromatic rings. The molecule has 0 aromatic carbocycles. The van der Waals surface area contributed by atoms with Gasteiger partial charge in [0.15, 0.2) is 11.6 Å². The minimum absolute atomic E-state index is 0.106. The Balaban J connectivity index is 0.000000260. The van der Waals surface area contributed by atoms with Crippen LogP contribution in [0.15, 0.2) is 0 Å². The van der Waals surface area contributed by atoms with E-state index in [0.29, 0.717) is 25.4 Å².